The highest BCUT2D eigenvalue weighted by atomic mass is 32.1. The fraction of sp³-hybridized carbons (Fsp3) is 0.0588. The van der Waals surface area contributed by atoms with Crippen molar-refractivity contribution in [3.63, 3.8) is 0 Å². The molecule has 1 aliphatic heterocycles. The molecule has 2 aromatic carbocycles. The number of aromatic hydroxyl groups is 1. The number of carboxylic acid groups (broad SMARTS) is 1. The van der Waals surface area contributed by atoms with Crippen LogP contribution in [0.4, 0.5) is 11.4 Å². The number of benzene rings is 2. The predicted molar refractivity (Wildman–Crippen MR) is 101 cm³/mol. The second kappa shape index (κ2) is 7.70. The van der Waals surface area contributed by atoms with Gasteiger partial charge in [0.1, 0.15) is 5.75 Å². The number of aromatic carboxylic acids is 1. The number of amides is 1. The molecular weight excluding hydrogens is 370 g/mol. The molecule has 0 atom stereocenters. The van der Waals surface area contributed by atoms with E-state index in [1.54, 1.807) is 6.07 Å². The minimum Gasteiger partial charge on any atom is -0.507 e. The Balaban J connectivity index is 1.77. The molecule has 1 saturated heterocycles. The minimum absolute atomic E-state index is 0.0472. The van der Waals surface area contributed by atoms with Crippen LogP contribution in [0, 0.1) is 0 Å². The number of hydrogen-bond donors (Lipinski definition) is 3. The number of azo groups is 1. The molecule has 0 aliphatic carbocycles. The molecule has 1 fully saturated rings. The van der Waals surface area contributed by atoms with E-state index in [-0.39, 0.29) is 28.9 Å². The minimum atomic E-state index is -1.02. The third-order valence-electron chi connectivity index (χ3n) is 3.54. The summed E-state index contributed by atoms with van der Waals surface area (Å²) in [7, 11) is 0. The fourth-order valence-corrected chi connectivity index (χ4v) is 2.37. The number of carboxylic acids is 1. The maximum Gasteiger partial charge on any atom is 0.335 e. The van der Waals surface area contributed by atoms with Crippen LogP contribution in [-0.2, 0) is 4.79 Å². The lowest BCUT2D eigenvalue weighted by Gasteiger charge is -2.06. The molecule has 9 nitrogen and oxygen atoms in total. The number of phenolic OH excluding ortho intramolecular Hbond substituents is 1. The fourth-order valence-electron chi connectivity index (χ4n) is 2.14. The molecule has 0 bridgehead atoms. The van der Waals surface area contributed by atoms with Crippen LogP contribution in [-0.4, -0.2) is 45.0 Å². The van der Waals surface area contributed by atoms with Crippen molar-refractivity contribution in [2.75, 3.05) is 6.54 Å². The van der Waals surface area contributed by atoms with Crippen LogP contribution in [0.25, 0.3) is 0 Å². The first kappa shape index (κ1) is 18.1. The molecule has 1 amide bonds. The number of rotatable bonds is 5. The molecule has 3 N–H and O–H groups in total. The Morgan fingerprint density at radius 2 is 1.81 bits per heavy atom. The van der Waals surface area contributed by atoms with Gasteiger partial charge in [0.15, 0.2) is 5.11 Å². The molecule has 0 unspecified atom stereocenters. The van der Waals surface area contributed by atoms with E-state index in [2.05, 4.69) is 20.6 Å². The summed E-state index contributed by atoms with van der Waals surface area (Å²) in [6.07, 6.45) is 1.30. The molecule has 0 radical (unpaired) electrons. The largest absolute Gasteiger partial charge is 0.507 e. The molecule has 27 heavy (non-hydrogen) atoms. The van der Waals surface area contributed by atoms with E-state index in [1.165, 1.54) is 42.6 Å². The Bertz CT molecular complexity index is 956. The average Bonchev–Trinajstić information content (AvgIpc) is 2.98. The van der Waals surface area contributed by atoms with E-state index in [4.69, 9.17) is 17.3 Å². The number of thiocarbonyl (C=S) groups is 1. The van der Waals surface area contributed by atoms with Crippen LogP contribution in [0.2, 0.25) is 0 Å². The second-order valence-electron chi connectivity index (χ2n) is 5.40. The Kier molecular flexibility index (Phi) is 5.18. The monoisotopic (exact) mass is 383 g/mol. The quantitative estimate of drug-likeness (QED) is 0.414. The summed E-state index contributed by atoms with van der Waals surface area (Å²) >= 11 is 4.96. The van der Waals surface area contributed by atoms with E-state index in [1.807, 2.05) is 0 Å². The first-order valence-corrected chi connectivity index (χ1v) is 8.08. The molecule has 10 heteroatoms. The molecule has 1 heterocycles. The predicted octanol–water partition coefficient (Wildman–Crippen LogP) is 2.56. The number of nitrogens with one attached hydrogen (secondary N) is 1. The van der Waals surface area contributed by atoms with E-state index in [0.717, 1.165) is 5.01 Å². The molecule has 0 spiro atoms. The van der Waals surface area contributed by atoms with E-state index >= 15 is 0 Å². The summed E-state index contributed by atoms with van der Waals surface area (Å²) in [4.78, 5) is 22.4. The molecular formula is C17H13N5O4S. The van der Waals surface area contributed by atoms with Crippen molar-refractivity contribution in [2.45, 2.75) is 0 Å². The van der Waals surface area contributed by atoms with Crippen molar-refractivity contribution in [3.05, 3.63) is 53.6 Å². The van der Waals surface area contributed by atoms with Crippen LogP contribution in [0.5, 0.6) is 5.75 Å². The van der Waals surface area contributed by atoms with Crippen molar-refractivity contribution in [1.29, 1.82) is 0 Å². The van der Waals surface area contributed by atoms with Crippen molar-refractivity contribution < 1.29 is 19.8 Å². The highest BCUT2D eigenvalue weighted by molar-refractivity contribution is 7.80. The maximum atomic E-state index is 11.6. The van der Waals surface area contributed by atoms with Gasteiger partial charge in [0, 0.05) is 5.56 Å². The molecule has 3 rings (SSSR count). The summed E-state index contributed by atoms with van der Waals surface area (Å²) < 4.78 is 0. The molecule has 0 saturated carbocycles. The van der Waals surface area contributed by atoms with Crippen LogP contribution in [0.15, 0.2) is 57.8 Å². The van der Waals surface area contributed by atoms with Crippen LogP contribution >= 0.6 is 12.2 Å². The number of hydrogen-bond acceptors (Lipinski definition) is 7. The van der Waals surface area contributed by atoms with Crippen LogP contribution < -0.4 is 5.32 Å². The van der Waals surface area contributed by atoms with Crippen molar-refractivity contribution in [2.24, 2.45) is 15.3 Å². The first-order valence-electron chi connectivity index (χ1n) is 7.67. The summed E-state index contributed by atoms with van der Waals surface area (Å²) in [5, 5.41) is 34.8. The Labute approximate surface area is 158 Å². The Hall–Kier alpha value is -3.66. The lowest BCUT2D eigenvalue weighted by Crippen LogP contribution is -2.25. The average molecular weight is 383 g/mol. The van der Waals surface area contributed by atoms with Crippen LogP contribution in [0.3, 0.4) is 0 Å². The zero-order chi connectivity index (χ0) is 19.4. The topological polar surface area (TPSA) is 127 Å². The summed E-state index contributed by atoms with van der Waals surface area (Å²) in [5.41, 5.74) is 1.39. The number of nitrogens with zero attached hydrogens (tertiary/aromatic N) is 4. The zero-order valence-corrected chi connectivity index (χ0v) is 14.6. The summed E-state index contributed by atoms with van der Waals surface area (Å²) in [6.45, 7) is 0.0804. The van der Waals surface area contributed by atoms with Crippen molar-refractivity contribution in [3.8, 4) is 5.75 Å². The maximum absolute atomic E-state index is 11.6. The van der Waals surface area contributed by atoms with Gasteiger partial charge in [0.2, 0.25) is 0 Å². The molecule has 2 aromatic rings. The number of hydrazone groups is 1. The van der Waals surface area contributed by atoms with E-state index < -0.39 is 5.97 Å². The standard InChI is InChI=1S/C17H13N5O4S/c23-14-6-5-13(21-20-12-3-1-10(2-4-12)16(25)26)7-11(14)8-19-22-15(24)9-18-17(22)27/h1-8,23H,9H2,(H,18,27)(H,25,26)/b19-8+,21-20?. The molecule has 136 valence electrons. The molecule has 0 aromatic heterocycles. The summed E-state index contributed by atoms with van der Waals surface area (Å²) in [6, 6.07) is 10.4. The van der Waals surface area contributed by atoms with Gasteiger partial charge in [0.05, 0.1) is 29.7 Å². The molecule has 1 aliphatic rings. The van der Waals surface area contributed by atoms with Gasteiger partial charge in [-0.2, -0.15) is 20.3 Å². The normalized spacial score (nSPS) is 14.3. The number of carbonyl (C=O) groups is 2. The highest BCUT2D eigenvalue weighted by Crippen LogP contribution is 2.24. The van der Waals surface area contributed by atoms with Gasteiger partial charge in [-0.15, -0.1) is 0 Å². The van der Waals surface area contributed by atoms with Gasteiger partial charge in [-0.25, -0.2) is 4.79 Å². The highest BCUT2D eigenvalue weighted by Gasteiger charge is 2.24. The number of carbonyl (C=O) groups excluding carboxylic acids is 1. The van der Waals surface area contributed by atoms with E-state index in [0.29, 0.717) is 16.9 Å². The zero-order valence-electron chi connectivity index (χ0n) is 13.7. The van der Waals surface area contributed by atoms with Gasteiger partial charge < -0.3 is 15.5 Å². The van der Waals surface area contributed by atoms with Gasteiger partial charge >= 0.3 is 5.97 Å². The van der Waals surface area contributed by atoms with Gasteiger partial charge in [-0.3, -0.25) is 4.79 Å². The Morgan fingerprint density at radius 3 is 2.44 bits per heavy atom. The lowest BCUT2D eigenvalue weighted by atomic mass is 10.2. The van der Waals surface area contributed by atoms with Crippen LogP contribution in [0.1, 0.15) is 15.9 Å². The lowest BCUT2D eigenvalue weighted by molar-refractivity contribution is -0.124. The first-order chi connectivity index (χ1) is 12.9. The van der Waals surface area contributed by atoms with Gasteiger partial charge in [-0.1, -0.05) is 0 Å². The SMILES string of the molecule is O=C(O)c1ccc(N=Nc2ccc(O)c(/C=N/N3C(=O)CNC3=S)c2)cc1. The second-order valence-corrected chi connectivity index (χ2v) is 5.79. The van der Waals surface area contributed by atoms with Gasteiger partial charge in [-0.05, 0) is 54.7 Å². The van der Waals surface area contributed by atoms with E-state index in [9.17, 15) is 14.7 Å². The third kappa shape index (κ3) is 4.30. The van der Waals surface area contributed by atoms with Crippen molar-refractivity contribution in [1.82, 2.24) is 10.3 Å². The third-order valence-corrected chi connectivity index (χ3v) is 3.86. The summed E-state index contributed by atoms with van der Waals surface area (Å²) in [5.74, 6) is -1.36. The number of phenols is 1. The van der Waals surface area contributed by atoms with Gasteiger partial charge in [0.25, 0.3) is 5.91 Å². The smallest absolute Gasteiger partial charge is 0.335 e. The Morgan fingerprint density at radius 1 is 1.15 bits per heavy atom. The van der Waals surface area contributed by atoms with Crippen molar-refractivity contribution >= 4 is 46.8 Å².